The summed E-state index contributed by atoms with van der Waals surface area (Å²) in [5.74, 6) is 0.544. The predicted molar refractivity (Wildman–Crippen MR) is 40.1 cm³/mol. The topological polar surface area (TPSA) is 89.7 Å². The van der Waals surface area contributed by atoms with Crippen LogP contribution in [-0.2, 0) is 10.3 Å². The van der Waals surface area contributed by atoms with Crippen molar-refractivity contribution in [2.75, 3.05) is 13.2 Å². The lowest BCUT2D eigenvalue weighted by molar-refractivity contribution is 0.0330. The zero-order chi connectivity index (χ0) is 8.44. The number of tetrazole rings is 1. The molecular formula is C6H11N5O. The van der Waals surface area contributed by atoms with Gasteiger partial charge >= 0.3 is 0 Å². The summed E-state index contributed by atoms with van der Waals surface area (Å²) >= 11 is 0. The first-order valence-electron chi connectivity index (χ1n) is 3.92. The zero-order valence-corrected chi connectivity index (χ0v) is 6.66. The first kappa shape index (κ1) is 7.63. The van der Waals surface area contributed by atoms with Crippen LogP contribution in [0.25, 0.3) is 0 Å². The van der Waals surface area contributed by atoms with Crippen molar-refractivity contribution < 1.29 is 4.74 Å². The van der Waals surface area contributed by atoms with E-state index in [4.69, 9.17) is 10.5 Å². The average Bonchev–Trinajstić information content (AvgIpc) is 2.58. The molecule has 1 aliphatic heterocycles. The number of nitrogens with two attached hydrogens (primary N) is 1. The fraction of sp³-hybridized carbons (Fsp3) is 0.833. The summed E-state index contributed by atoms with van der Waals surface area (Å²) in [4.78, 5) is 0. The van der Waals surface area contributed by atoms with Gasteiger partial charge in [0, 0.05) is 6.61 Å². The number of aromatic nitrogens is 4. The molecule has 12 heavy (non-hydrogen) atoms. The fourth-order valence-electron chi connectivity index (χ4n) is 1.37. The van der Waals surface area contributed by atoms with Crippen LogP contribution in [-0.4, -0.2) is 33.8 Å². The largest absolute Gasteiger partial charge is 0.379 e. The maximum Gasteiger partial charge on any atom is 0.196 e. The Bertz CT molecular complexity index is 240. The highest BCUT2D eigenvalue weighted by Crippen LogP contribution is 2.23. The Kier molecular flexibility index (Phi) is 1.78. The minimum atomic E-state index is -0.536. The van der Waals surface area contributed by atoms with Gasteiger partial charge < -0.3 is 10.5 Å². The minimum absolute atomic E-state index is 0.479. The number of H-pyrrole nitrogens is 1. The molecule has 0 saturated carbocycles. The van der Waals surface area contributed by atoms with Gasteiger partial charge in [0.15, 0.2) is 5.82 Å². The van der Waals surface area contributed by atoms with Crippen molar-refractivity contribution in [1.29, 1.82) is 0 Å². The Hall–Kier alpha value is -1.01. The summed E-state index contributed by atoms with van der Waals surface area (Å²) in [7, 11) is 0. The van der Waals surface area contributed by atoms with Crippen molar-refractivity contribution >= 4 is 0 Å². The van der Waals surface area contributed by atoms with E-state index in [2.05, 4.69) is 20.6 Å². The second-order valence-electron chi connectivity index (χ2n) is 3.05. The van der Waals surface area contributed by atoms with Gasteiger partial charge in [0.25, 0.3) is 0 Å². The van der Waals surface area contributed by atoms with E-state index in [0.717, 1.165) is 19.4 Å². The van der Waals surface area contributed by atoms with Crippen molar-refractivity contribution in [1.82, 2.24) is 20.6 Å². The van der Waals surface area contributed by atoms with Crippen molar-refractivity contribution in [3.8, 4) is 0 Å². The minimum Gasteiger partial charge on any atom is -0.379 e. The lowest BCUT2D eigenvalue weighted by atomic mass is 9.93. The molecule has 0 aromatic carbocycles. The smallest absolute Gasteiger partial charge is 0.196 e. The summed E-state index contributed by atoms with van der Waals surface area (Å²) in [6.07, 6.45) is 1.80. The van der Waals surface area contributed by atoms with Gasteiger partial charge in [0.1, 0.15) is 5.54 Å². The number of ether oxygens (including phenoxy) is 1. The normalized spacial score (nSPS) is 30.4. The molecule has 3 N–H and O–H groups in total. The Morgan fingerprint density at radius 1 is 1.58 bits per heavy atom. The summed E-state index contributed by atoms with van der Waals surface area (Å²) < 4.78 is 5.26. The van der Waals surface area contributed by atoms with Crippen LogP contribution in [0.1, 0.15) is 18.7 Å². The van der Waals surface area contributed by atoms with Gasteiger partial charge in [-0.3, -0.25) is 0 Å². The molecule has 6 heteroatoms. The summed E-state index contributed by atoms with van der Waals surface area (Å²) in [6.45, 7) is 1.25. The van der Waals surface area contributed by atoms with Gasteiger partial charge in [-0.15, -0.1) is 10.2 Å². The van der Waals surface area contributed by atoms with Crippen LogP contribution in [0.2, 0.25) is 0 Å². The molecule has 2 heterocycles. The van der Waals surface area contributed by atoms with Gasteiger partial charge in [-0.1, -0.05) is 5.21 Å². The van der Waals surface area contributed by atoms with Gasteiger partial charge in [0.2, 0.25) is 0 Å². The molecular weight excluding hydrogens is 158 g/mol. The molecule has 0 bridgehead atoms. The maximum atomic E-state index is 6.01. The van der Waals surface area contributed by atoms with E-state index in [-0.39, 0.29) is 0 Å². The molecule has 2 rings (SSSR count). The van der Waals surface area contributed by atoms with Crippen LogP contribution in [0.5, 0.6) is 0 Å². The van der Waals surface area contributed by atoms with Crippen LogP contribution in [0.15, 0.2) is 0 Å². The maximum absolute atomic E-state index is 6.01. The van der Waals surface area contributed by atoms with Crippen molar-refractivity contribution in [2.24, 2.45) is 5.73 Å². The van der Waals surface area contributed by atoms with Crippen LogP contribution in [0.4, 0.5) is 0 Å². The number of rotatable bonds is 1. The Labute approximate surface area is 69.5 Å². The number of nitrogens with one attached hydrogen (secondary N) is 1. The molecule has 1 atom stereocenters. The monoisotopic (exact) mass is 169 g/mol. The number of nitrogens with zero attached hydrogens (tertiary/aromatic N) is 3. The molecule has 0 amide bonds. The molecule has 1 aromatic rings. The van der Waals surface area contributed by atoms with E-state index in [1.807, 2.05) is 0 Å². The molecule has 1 unspecified atom stereocenters. The highest BCUT2D eigenvalue weighted by atomic mass is 16.5. The van der Waals surface area contributed by atoms with E-state index in [0.29, 0.717) is 12.4 Å². The van der Waals surface area contributed by atoms with Crippen molar-refractivity contribution in [2.45, 2.75) is 18.4 Å². The SMILES string of the molecule is NC1(c2nn[nH]n2)CCCOC1. The molecule has 0 spiro atoms. The fourth-order valence-corrected chi connectivity index (χ4v) is 1.37. The molecule has 1 fully saturated rings. The average molecular weight is 169 g/mol. The van der Waals surface area contributed by atoms with E-state index < -0.39 is 5.54 Å². The van der Waals surface area contributed by atoms with E-state index in [1.165, 1.54) is 0 Å². The second-order valence-corrected chi connectivity index (χ2v) is 3.05. The number of hydrogen-bond donors (Lipinski definition) is 2. The quantitative estimate of drug-likeness (QED) is 0.572. The standard InChI is InChI=1S/C6H11N5O/c7-6(2-1-3-12-4-6)5-8-10-11-9-5/h1-4,7H2,(H,8,9,10,11). The molecule has 1 saturated heterocycles. The highest BCUT2D eigenvalue weighted by Gasteiger charge is 2.34. The molecule has 66 valence electrons. The second kappa shape index (κ2) is 2.80. The lowest BCUT2D eigenvalue weighted by Gasteiger charge is -2.29. The van der Waals surface area contributed by atoms with Crippen LogP contribution < -0.4 is 5.73 Å². The molecule has 1 aliphatic rings. The first-order valence-corrected chi connectivity index (χ1v) is 3.92. The Balaban J connectivity index is 2.19. The highest BCUT2D eigenvalue weighted by molar-refractivity contribution is 5.02. The molecule has 0 radical (unpaired) electrons. The molecule has 6 nitrogen and oxygen atoms in total. The number of hydrogen-bond acceptors (Lipinski definition) is 5. The van der Waals surface area contributed by atoms with Crippen molar-refractivity contribution in [3.05, 3.63) is 5.82 Å². The van der Waals surface area contributed by atoms with Gasteiger partial charge in [-0.2, -0.15) is 5.21 Å². The Morgan fingerprint density at radius 2 is 2.50 bits per heavy atom. The molecule has 0 aliphatic carbocycles. The summed E-state index contributed by atoms with van der Waals surface area (Å²) in [5.41, 5.74) is 5.48. The summed E-state index contributed by atoms with van der Waals surface area (Å²) in [6, 6.07) is 0. The van der Waals surface area contributed by atoms with Crippen molar-refractivity contribution in [3.63, 3.8) is 0 Å². The number of aromatic amines is 1. The first-order chi connectivity index (χ1) is 5.81. The van der Waals surface area contributed by atoms with Crippen LogP contribution in [0.3, 0.4) is 0 Å². The van der Waals surface area contributed by atoms with Crippen LogP contribution in [0, 0.1) is 0 Å². The molecule has 1 aromatic heterocycles. The van der Waals surface area contributed by atoms with Gasteiger partial charge in [0.05, 0.1) is 6.61 Å². The van der Waals surface area contributed by atoms with E-state index in [9.17, 15) is 0 Å². The van der Waals surface area contributed by atoms with Gasteiger partial charge in [-0.25, -0.2) is 0 Å². The zero-order valence-electron chi connectivity index (χ0n) is 6.66. The third-order valence-corrected chi connectivity index (χ3v) is 2.06. The third kappa shape index (κ3) is 1.19. The predicted octanol–water partition coefficient (Wildman–Crippen LogP) is -0.836. The van der Waals surface area contributed by atoms with E-state index in [1.54, 1.807) is 0 Å². The van der Waals surface area contributed by atoms with Gasteiger partial charge in [-0.05, 0) is 12.8 Å². The van der Waals surface area contributed by atoms with E-state index >= 15 is 0 Å². The summed E-state index contributed by atoms with van der Waals surface area (Å²) in [5, 5.41) is 13.6. The Morgan fingerprint density at radius 3 is 3.08 bits per heavy atom. The third-order valence-electron chi connectivity index (χ3n) is 2.06. The lowest BCUT2D eigenvalue weighted by Crippen LogP contribution is -2.45. The van der Waals surface area contributed by atoms with Crippen LogP contribution >= 0.6 is 0 Å².